The summed E-state index contributed by atoms with van der Waals surface area (Å²) in [5.41, 5.74) is 0. The summed E-state index contributed by atoms with van der Waals surface area (Å²) in [5.74, 6) is 0. The molecule has 0 amide bonds. The van der Waals surface area contributed by atoms with Crippen LogP contribution in [0, 0.1) is 0 Å². The Labute approximate surface area is 204 Å². The Hall–Kier alpha value is -2.06. The zero-order valence-corrected chi connectivity index (χ0v) is 21.5. The molecule has 0 bridgehead atoms. The fourth-order valence-corrected chi connectivity index (χ4v) is 3.81. The van der Waals surface area contributed by atoms with Gasteiger partial charge in [-0.25, -0.2) is 0 Å². The van der Waals surface area contributed by atoms with Crippen LogP contribution in [0.25, 0.3) is 43.1 Å². The fraction of sp³-hybridized carbons (Fsp3) is 0. The van der Waals surface area contributed by atoms with E-state index in [0.717, 1.165) is 23.9 Å². The van der Waals surface area contributed by atoms with Crippen LogP contribution in [-0.2, 0) is 23.9 Å². The molecule has 0 unspecified atom stereocenters. The molecule has 0 saturated carbocycles. The third-order valence-corrected chi connectivity index (χ3v) is 5.05. The summed E-state index contributed by atoms with van der Waals surface area (Å²) in [6.45, 7) is 0. The van der Waals surface area contributed by atoms with Crippen molar-refractivity contribution in [2.75, 3.05) is 0 Å². The van der Waals surface area contributed by atoms with Gasteiger partial charge in [0.1, 0.15) is 0 Å². The van der Waals surface area contributed by atoms with Gasteiger partial charge in [-0.3, -0.25) is 0 Å². The van der Waals surface area contributed by atoms with Gasteiger partial charge in [-0.05, 0) is 0 Å². The Morgan fingerprint density at radius 3 is 0.833 bits per heavy atom. The van der Waals surface area contributed by atoms with Crippen LogP contribution in [0.1, 0.15) is 0 Å². The van der Waals surface area contributed by atoms with Crippen molar-refractivity contribution in [2.24, 2.45) is 0 Å². The van der Waals surface area contributed by atoms with Crippen LogP contribution in [0.5, 0.6) is 0 Å². The summed E-state index contributed by atoms with van der Waals surface area (Å²) < 4.78 is 3.39. The number of benzene rings is 4. The second-order valence-electron chi connectivity index (χ2n) is 6.64. The number of rotatable bonds is 0. The smallest absolute Gasteiger partial charge is 0.0771 e. The third kappa shape index (κ3) is 4.81. The molecule has 0 heterocycles. The van der Waals surface area contributed by atoms with Crippen molar-refractivity contribution < 1.29 is 48.7 Å². The summed E-state index contributed by atoms with van der Waals surface area (Å²) in [6.07, 6.45) is 0. The Morgan fingerprint density at radius 2 is 0.600 bits per heavy atom. The average molecular weight is 594 g/mol. The van der Waals surface area contributed by atoms with E-state index < -0.39 is 0 Å². The molecule has 0 saturated heterocycles. The summed E-state index contributed by atoms with van der Waals surface area (Å²) in [4.78, 5) is 0. The van der Waals surface area contributed by atoms with Crippen LogP contribution >= 0.6 is 0 Å². The first-order chi connectivity index (χ1) is 13.9. The van der Waals surface area contributed by atoms with Crippen LogP contribution in [0.4, 0.5) is 0 Å². The summed E-state index contributed by atoms with van der Waals surface area (Å²) in [6, 6.07) is 38.5. The van der Waals surface area contributed by atoms with Gasteiger partial charge in [-0.1, -0.05) is 72.8 Å². The summed E-state index contributed by atoms with van der Waals surface area (Å²) in [5, 5.41) is 10.8. The second kappa shape index (κ2) is 11.4. The number of hydrogen-bond acceptors (Lipinski definition) is 0. The minimum Gasteiger partial charge on any atom is -1.00 e. The van der Waals surface area contributed by atoms with Crippen LogP contribution in [0.15, 0.2) is 109 Å². The van der Waals surface area contributed by atoms with E-state index in [-0.39, 0.29) is 24.8 Å². The van der Waals surface area contributed by atoms with Gasteiger partial charge in [0, 0.05) is 0 Å². The molecular formula is C27H20Cl2Hf-2. The van der Waals surface area contributed by atoms with Crippen molar-refractivity contribution in [3.8, 4) is 0 Å². The standard InChI is InChI=1S/2C13H9.CH2.2ClH.Hf/c2*1-3-7-12-10(5-1)9-11-6-2-4-8-13(11)12;;;;/h2*1-9H;1H2;2*1H;/q2*-1;;;;+2/p-2. The number of halogens is 2. The molecule has 0 fully saturated rings. The molecular weight excluding hydrogens is 574 g/mol. The van der Waals surface area contributed by atoms with Gasteiger partial charge in [-0.2, -0.15) is 0 Å². The Kier molecular flexibility index (Phi) is 9.17. The van der Waals surface area contributed by atoms with Gasteiger partial charge in [0.2, 0.25) is 0 Å². The SMILES string of the molecule is [CH2]=[Hf+2].[Cl-].[Cl-].c1ccc2c(c1)[cH-]c1ccccc12.c1ccc2c(c1)[cH-]c1ccccc12. The molecule has 6 aromatic carbocycles. The van der Waals surface area contributed by atoms with Crippen molar-refractivity contribution in [1.82, 2.24) is 0 Å². The van der Waals surface area contributed by atoms with E-state index in [0.29, 0.717) is 0 Å². The molecule has 0 aliphatic carbocycles. The van der Waals surface area contributed by atoms with Gasteiger partial charge < -0.3 is 24.8 Å². The molecule has 0 nitrogen and oxygen atoms in total. The van der Waals surface area contributed by atoms with Gasteiger partial charge >= 0.3 is 28.2 Å². The minimum absolute atomic E-state index is 0. The predicted molar refractivity (Wildman–Crippen MR) is 121 cm³/mol. The molecule has 30 heavy (non-hydrogen) atoms. The van der Waals surface area contributed by atoms with Gasteiger partial charge in [0.05, 0.1) is 0 Å². The number of hydrogen-bond donors (Lipinski definition) is 0. The van der Waals surface area contributed by atoms with Gasteiger partial charge in [-0.15, -0.1) is 79.5 Å². The Morgan fingerprint density at radius 1 is 0.400 bits per heavy atom. The molecule has 0 aliphatic rings. The zero-order chi connectivity index (χ0) is 19.3. The maximum atomic E-state index is 3.39. The molecule has 3 heteroatoms. The van der Waals surface area contributed by atoms with Crippen LogP contribution in [0.2, 0.25) is 0 Å². The van der Waals surface area contributed by atoms with E-state index in [9.17, 15) is 0 Å². The zero-order valence-electron chi connectivity index (χ0n) is 16.4. The van der Waals surface area contributed by atoms with E-state index in [1.807, 2.05) is 0 Å². The molecule has 0 aliphatic heterocycles. The largest absolute Gasteiger partial charge is 1.00 e. The molecule has 6 aromatic rings. The third-order valence-electron chi connectivity index (χ3n) is 5.05. The topological polar surface area (TPSA) is 0 Å². The van der Waals surface area contributed by atoms with E-state index in [1.165, 1.54) is 43.1 Å². The van der Waals surface area contributed by atoms with E-state index >= 15 is 0 Å². The van der Waals surface area contributed by atoms with Crippen LogP contribution < -0.4 is 24.8 Å². The molecule has 0 N–H and O–H groups in total. The molecule has 0 spiro atoms. The fourth-order valence-electron chi connectivity index (χ4n) is 3.81. The van der Waals surface area contributed by atoms with Crippen molar-refractivity contribution in [3.63, 3.8) is 0 Å². The van der Waals surface area contributed by atoms with Crippen molar-refractivity contribution in [1.29, 1.82) is 0 Å². The Balaban J connectivity index is 0.000000186. The van der Waals surface area contributed by atoms with Crippen LogP contribution in [-0.4, -0.2) is 4.26 Å². The molecule has 6 rings (SSSR count). The van der Waals surface area contributed by atoms with Crippen molar-refractivity contribution in [2.45, 2.75) is 0 Å². The minimum atomic E-state index is 0. The monoisotopic (exact) mass is 594 g/mol. The summed E-state index contributed by atoms with van der Waals surface area (Å²) in [7, 11) is 0. The molecule has 0 radical (unpaired) electrons. The second-order valence-corrected chi connectivity index (χ2v) is 6.64. The first kappa shape index (κ1) is 24.2. The normalized spacial score (nSPS) is 9.80. The van der Waals surface area contributed by atoms with Crippen LogP contribution in [0.3, 0.4) is 0 Å². The maximum Gasteiger partial charge on any atom is -0.0771 e. The Bertz CT molecular complexity index is 1150. The van der Waals surface area contributed by atoms with Crippen molar-refractivity contribution in [3.05, 3.63) is 109 Å². The predicted octanol–water partition coefficient (Wildman–Crippen LogP) is 1.40. The maximum absolute atomic E-state index is 3.39. The van der Waals surface area contributed by atoms with Gasteiger partial charge in [0.25, 0.3) is 0 Å². The van der Waals surface area contributed by atoms with E-state index in [2.05, 4.69) is 113 Å². The first-order valence-corrected chi connectivity index (χ1v) is 11.9. The van der Waals surface area contributed by atoms with E-state index in [4.69, 9.17) is 0 Å². The van der Waals surface area contributed by atoms with Gasteiger partial charge in [0.15, 0.2) is 0 Å². The molecule has 0 atom stereocenters. The van der Waals surface area contributed by atoms with Crippen molar-refractivity contribution >= 4 is 47.4 Å². The number of fused-ring (bicyclic) bond motifs is 6. The summed E-state index contributed by atoms with van der Waals surface area (Å²) >= 11 is 1.06. The van der Waals surface area contributed by atoms with E-state index in [1.54, 1.807) is 0 Å². The molecule has 148 valence electrons. The first-order valence-electron chi connectivity index (χ1n) is 9.32. The average Bonchev–Trinajstić information content (AvgIpc) is 3.34. The molecule has 0 aromatic heterocycles. The quantitative estimate of drug-likeness (QED) is 0.185.